The van der Waals surface area contributed by atoms with Crippen LogP contribution in [0.1, 0.15) is 41.7 Å². The summed E-state index contributed by atoms with van der Waals surface area (Å²) in [7, 11) is 0. The molecule has 1 N–H and O–H groups in total. The lowest BCUT2D eigenvalue weighted by Crippen LogP contribution is -2.32. The number of benzene rings is 1. The van der Waals surface area contributed by atoms with Gasteiger partial charge in [0.05, 0.1) is 0 Å². The molecule has 0 spiro atoms. The standard InChI is InChI=1S/C20H24FN3O/c21-18-8-4-3-7-16(18)9-11-22-17-10-12-23-19(15-17)20(25)24-13-5-1-2-6-14-24/h3-4,7-8,10,12,15H,1-2,5-6,9,11,13-14H2,(H,22,23). The number of nitrogens with one attached hydrogen (secondary N) is 1. The first-order valence-electron chi connectivity index (χ1n) is 8.96. The Balaban J connectivity index is 1.59. The number of pyridine rings is 1. The highest BCUT2D eigenvalue weighted by Crippen LogP contribution is 2.15. The molecule has 0 aliphatic carbocycles. The van der Waals surface area contributed by atoms with Crippen LogP contribution >= 0.6 is 0 Å². The van der Waals surface area contributed by atoms with Crippen molar-refractivity contribution in [2.24, 2.45) is 0 Å². The van der Waals surface area contributed by atoms with Crippen LogP contribution in [0, 0.1) is 5.82 Å². The van der Waals surface area contributed by atoms with E-state index in [-0.39, 0.29) is 11.7 Å². The molecule has 1 amide bonds. The molecule has 0 radical (unpaired) electrons. The van der Waals surface area contributed by atoms with Crippen molar-refractivity contribution >= 4 is 11.6 Å². The van der Waals surface area contributed by atoms with E-state index >= 15 is 0 Å². The van der Waals surface area contributed by atoms with Gasteiger partial charge in [-0.2, -0.15) is 0 Å². The van der Waals surface area contributed by atoms with Gasteiger partial charge in [-0.05, 0) is 43.0 Å². The molecule has 132 valence electrons. The maximum Gasteiger partial charge on any atom is 0.272 e. The van der Waals surface area contributed by atoms with Gasteiger partial charge in [0, 0.05) is 31.5 Å². The number of hydrogen-bond donors (Lipinski definition) is 1. The molecular weight excluding hydrogens is 317 g/mol. The molecule has 2 heterocycles. The first kappa shape index (κ1) is 17.4. The number of carbonyl (C=O) groups is 1. The molecule has 1 fully saturated rings. The summed E-state index contributed by atoms with van der Waals surface area (Å²) in [5, 5.41) is 3.25. The van der Waals surface area contributed by atoms with E-state index in [4.69, 9.17) is 0 Å². The lowest BCUT2D eigenvalue weighted by molar-refractivity contribution is 0.0756. The van der Waals surface area contributed by atoms with Crippen LogP contribution in [-0.2, 0) is 6.42 Å². The molecule has 1 aromatic carbocycles. The smallest absolute Gasteiger partial charge is 0.272 e. The minimum absolute atomic E-state index is 0.000321. The van der Waals surface area contributed by atoms with E-state index in [1.807, 2.05) is 17.0 Å². The molecule has 1 aromatic heterocycles. The van der Waals surface area contributed by atoms with E-state index in [1.165, 1.54) is 18.9 Å². The zero-order valence-electron chi connectivity index (χ0n) is 14.4. The molecule has 3 rings (SSSR count). The molecule has 0 atom stereocenters. The Kier molecular flexibility index (Phi) is 5.99. The lowest BCUT2D eigenvalue weighted by Gasteiger charge is -2.20. The lowest BCUT2D eigenvalue weighted by atomic mass is 10.1. The highest BCUT2D eigenvalue weighted by Gasteiger charge is 2.18. The van der Waals surface area contributed by atoms with Crippen molar-refractivity contribution in [3.05, 3.63) is 59.7 Å². The number of likely N-dealkylation sites (tertiary alicyclic amines) is 1. The topological polar surface area (TPSA) is 45.2 Å². The van der Waals surface area contributed by atoms with Crippen LogP contribution in [0.25, 0.3) is 0 Å². The number of nitrogens with zero attached hydrogens (tertiary/aromatic N) is 2. The summed E-state index contributed by atoms with van der Waals surface area (Å²) in [6, 6.07) is 10.4. The van der Waals surface area contributed by atoms with E-state index in [2.05, 4.69) is 10.3 Å². The number of rotatable bonds is 5. The molecule has 2 aromatic rings. The maximum atomic E-state index is 13.6. The van der Waals surface area contributed by atoms with Gasteiger partial charge in [-0.3, -0.25) is 9.78 Å². The fraction of sp³-hybridized carbons (Fsp3) is 0.400. The van der Waals surface area contributed by atoms with Gasteiger partial charge in [0.25, 0.3) is 5.91 Å². The van der Waals surface area contributed by atoms with Gasteiger partial charge in [-0.15, -0.1) is 0 Å². The molecule has 1 aliphatic heterocycles. The second-order valence-corrected chi connectivity index (χ2v) is 6.40. The van der Waals surface area contributed by atoms with Crippen LogP contribution in [0.4, 0.5) is 10.1 Å². The van der Waals surface area contributed by atoms with Crippen LogP contribution in [0.3, 0.4) is 0 Å². The first-order valence-corrected chi connectivity index (χ1v) is 8.96. The number of aromatic nitrogens is 1. The summed E-state index contributed by atoms with van der Waals surface area (Å²) < 4.78 is 13.6. The van der Waals surface area contributed by atoms with Crippen LogP contribution in [0.2, 0.25) is 0 Å². The van der Waals surface area contributed by atoms with Gasteiger partial charge in [0.2, 0.25) is 0 Å². The average Bonchev–Trinajstić information content (AvgIpc) is 2.92. The largest absolute Gasteiger partial charge is 0.385 e. The van der Waals surface area contributed by atoms with Crippen molar-refractivity contribution in [3.8, 4) is 0 Å². The highest BCUT2D eigenvalue weighted by molar-refractivity contribution is 5.93. The third-order valence-electron chi connectivity index (χ3n) is 4.55. The van der Waals surface area contributed by atoms with Crippen molar-refractivity contribution < 1.29 is 9.18 Å². The molecule has 1 aliphatic rings. The van der Waals surface area contributed by atoms with Crippen molar-refractivity contribution in [2.75, 3.05) is 25.0 Å². The minimum Gasteiger partial charge on any atom is -0.385 e. The van der Waals surface area contributed by atoms with Gasteiger partial charge in [0.1, 0.15) is 11.5 Å². The van der Waals surface area contributed by atoms with E-state index in [0.29, 0.717) is 24.2 Å². The minimum atomic E-state index is -0.184. The molecule has 1 saturated heterocycles. The summed E-state index contributed by atoms with van der Waals surface area (Å²) in [5.74, 6) is -0.185. The monoisotopic (exact) mass is 341 g/mol. The number of carbonyl (C=O) groups excluding carboxylic acids is 1. The predicted molar refractivity (Wildman–Crippen MR) is 97.2 cm³/mol. The Hall–Kier alpha value is -2.43. The second kappa shape index (κ2) is 8.60. The Bertz CT molecular complexity index is 712. The molecule has 0 saturated carbocycles. The summed E-state index contributed by atoms with van der Waals surface area (Å²) >= 11 is 0. The Morgan fingerprint density at radius 1 is 1.12 bits per heavy atom. The van der Waals surface area contributed by atoms with Crippen molar-refractivity contribution in [1.29, 1.82) is 0 Å². The third-order valence-corrected chi connectivity index (χ3v) is 4.55. The zero-order chi connectivity index (χ0) is 17.5. The van der Waals surface area contributed by atoms with Crippen LogP contribution in [0.5, 0.6) is 0 Å². The van der Waals surface area contributed by atoms with Crippen molar-refractivity contribution in [3.63, 3.8) is 0 Å². The quantitative estimate of drug-likeness (QED) is 0.897. The Labute approximate surface area is 148 Å². The normalized spacial score (nSPS) is 14.8. The summed E-state index contributed by atoms with van der Waals surface area (Å²) in [5.41, 5.74) is 1.99. The van der Waals surface area contributed by atoms with Gasteiger partial charge in [0.15, 0.2) is 0 Å². The van der Waals surface area contributed by atoms with Gasteiger partial charge in [-0.25, -0.2) is 4.39 Å². The van der Waals surface area contributed by atoms with Crippen LogP contribution in [0.15, 0.2) is 42.6 Å². The van der Waals surface area contributed by atoms with Gasteiger partial charge >= 0.3 is 0 Å². The summed E-state index contributed by atoms with van der Waals surface area (Å²) in [6.07, 6.45) is 6.74. The fourth-order valence-corrected chi connectivity index (χ4v) is 3.14. The summed E-state index contributed by atoms with van der Waals surface area (Å²) in [6.45, 7) is 2.22. The van der Waals surface area contributed by atoms with E-state index in [1.54, 1.807) is 24.4 Å². The SMILES string of the molecule is O=C(c1cc(NCCc2ccccc2F)ccn1)N1CCCCCC1. The van der Waals surface area contributed by atoms with Crippen molar-refractivity contribution in [1.82, 2.24) is 9.88 Å². The summed E-state index contributed by atoms with van der Waals surface area (Å²) in [4.78, 5) is 18.8. The second-order valence-electron chi connectivity index (χ2n) is 6.40. The number of anilines is 1. The molecule has 25 heavy (non-hydrogen) atoms. The molecule has 4 nitrogen and oxygen atoms in total. The highest BCUT2D eigenvalue weighted by atomic mass is 19.1. The van der Waals surface area contributed by atoms with Gasteiger partial charge < -0.3 is 10.2 Å². The van der Waals surface area contributed by atoms with E-state index in [9.17, 15) is 9.18 Å². The Morgan fingerprint density at radius 2 is 1.88 bits per heavy atom. The average molecular weight is 341 g/mol. The van der Waals surface area contributed by atoms with Crippen LogP contribution < -0.4 is 5.32 Å². The first-order chi connectivity index (χ1) is 12.2. The molecular formula is C20H24FN3O. The molecule has 0 bridgehead atoms. The number of amides is 1. The molecule has 0 unspecified atom stereocenters. The van der Waals surface area contributed by atoms with Crippen LogP contribution in [-0.4, -0.2) is 35.4 Å². The zero-order valence-corrected chi connectivity index (χ0v) is 14.4. The molecule has 5 heteroatoms. The number of hydrogen-bond acceptors (Lipinski definition) is 3. The number of halogens is 1. The van der Waals surface area contributed by atoms with Crippen molar-refractivity contribution in [2.45, 2.75) is 32.1 Å². The maximum absolute atomic E-state index is 13.6. The third kappa shape index (κ3) is 4.78. The van der Waals surface area contributed by atoms with Gasteiger partial charge in [-0.1, -0.05) is 31.0 Å². The van der Waals surface area contributed by atoms with E-state index < -0.39 is 0 Å². The fourth-order valence-electron chi connectivity index (χ4n) is 3.14. The van der Waals surface area contributed by atoms with E-state index in [0.717, 1.165) is 31.6 Å². The Morgan fingerprint density at radius 3 is 2.64 bits per heavy atom. The predicted octanol–water partition coefficient (Wildman–Crippen LogP) is 3.89.